The molecule has 0 unspecified atom stereocenters. The lowest BCUT2D eigenvalue weighted by molar-refractivity contribution is 0.104. The number of rotatable bonds is 3. The summed E-state index contributed by atoms with van der Waals surface area (Å²) in [6.07, 6.45) is 3.26. The number of phenols is 1. The van der Waals surface area contributed by atoms with Gasteiger partial charge in [0.15, 0.2) is 0 Å². The Bertz CT molecular complexity index is 864. The highest BCUT2D eigenvalue weighted by Gasteiger charge is 2.07. The molecule has 0 fully saturated rings. The molecule has 1 heterocycles. The molecule has 1 aromatic heterocycles. The summed E-state index contributed by atoms with van der Waals surface area (Å²) >= 11 is 0. The van der Waals surface area contributed by atoms with E-state index in [4.69, 9.17) is 0 Å². The fourth-order valence-corrected chi connectivity index (χ4v) is 2.20. The standard InChI is InChI=1S/C19H15NO2/c1-13-5-7-14(8-6-13)9-12-17(21)16-11-10-15-3-2-4-18(22)19(15)20-16/h2-12,22H,1H3. The minimum Gasteiger partial charge on any atom is -0.506 e. The van der Waals surface area contributed by atoms with Crippen molar-refractivity contribution in [2.75, 3.05) is 0 Å². The van der Waals surface area contributed by atoms with E-state index >= 15 is 0 Å². The molecule has 3 aromatic rings. The fraction of sp³-hybridized carbons (Fsp3) is 0.0526. The average molecular weight is 289 g/mol. The highest BCUT2D eigenvalue weighted by atomic mass is 16.3. The summed E-state index contributed by atoms with van der Waals surface area (Å²) in [7, 11) is 0. The lowest BCUT2D eigenvalue weighted by Gasteiger charge is -2.02. The number of aromatic nitrogens is 1. The summed E-state index contributed by atoms with van der Waals surface area (Å²) in [5, 5.41) is 10.6. The maximum absolute atomic E-state index is 12.2. The molecule has 3 rings (SSSR count). The van der Waals surface area contributed by atoms with Gasteiger partial charge in [0.1, 0.15) is 17.0 Å². The van der Waals surface area contributed by atoms with Crippen molar-refractivity contribution in [3.8, 4) is 5.75 Å². The molecular formula is C19H15NO2. The SMILES string of the molecule is Cc1ccc(C=CC(=O)c2ccc3cccc(O)c3n2)cc1. The number of carbonyl (C=O) groups is 1. The van der Waals surface area contributed by atoms with Gasteiger partial charge < -0.3 is 5.11 Å². The summed E-state index contributed by atoms with van der Waals surface area (Å²) < 4.78 is 0. The van der Waals surface area contributed by atoms with Gasteiger partial charge in [0.2, 0.25) is 5.78 Å². The molecule has 2 aromatic carbocycles. The van der Waals surface area contributed by atoms with Crippen LogP contribution in [-0.4, -0.2) is 15.9 Å². The van der Waals surface area contributed by atoms with Gasteiger partial charge in [-0.1, -0.05) is 54.1 Å². The van der Waals surface area contributed by atoms with Crippen molar-refractivity contribution in [3.05, 3.63) is 77.5 Å². The Morgan fingerprint density at radius 3 is 2.59 bits per heavy atom. The molecule has 0 aliphatic heterocycles. The molecule has 0 saturated heterocycles. The Morgan fingerprint density at radius 2 is 1.82 bits per heavy atom. The van der Waals surface area contributed by atoms with Gasteiger partial charge in [0, 0.05) is 5.39 Å². The van der Waals surface area contributed by atoms with Gasteiger partial charge in [0.05, 0.1) is 0 Å². The monoisotopic (exact) mass is 289 g/mol. The third kappa shape index (κ3) is 2.88. The second kappa shape index (κ2) is 5.82. The number of pyridine rings is 1. The van der Waals surface area contributed by atoms with Crippen molar-refractivity contribution < 1.29 is 9.90 Å². The van der Waals surface area contributed by atoms with Crippen LogP contribution in [0.25, 0.3) is 17.0 Å². The van der Waals surface area contributed by atoms with Crippen LogP contribution in [0.3, 0.4) is 0 Å². The van der Waals surface area contributed by atoms with E-state index in [1.165, 1.54) is 11.6 Å². The second-order valence-corrected chi connectivity index (χ2v) is 5.15. The van der Waals surface area contributed by atoms with Gasteiger partial charge in [-0.05, 0) is 30.7 Å². The fourth-order valence-electron chi connectivity index (χ4n) is 2.20. The first-order chi connectivity index (χ1) is 10.6. The topological polar surface area (TPSA) is 50.2 Å². The minimum atomic E-state index is -0.189. The number of carbonyl (C=O) groups excluding carboxylic acids is 1. The van der Waals surface area contributed by atoms with Crippen LogP contribution in [0, 0.1) is 6.92 Å². The maximum atomic E-state index is 12.2. The number of aryl methyl sites for hydroxylation is 1. The Balaban J connectivity index is 1.88. The molecule has 3 heteroatoms. The van der Waals surface area contributed by atoms with Crippen LogP contribution >= 0.6 is 0 Å². The lowest BCUT2D eigenvalue weighted by atomic mass is 10.1. The Labute approximate surface area is 128 Å². The third-order valence-electron chi connectivity index (χ3n) is 3.46. The van der Waals surface area contributed by atoms with Crippen LogP contribution in [0.15, 0.2) is 60.7 Å². The second-order valence-electron chi connectivity index (χ2n) is 5.15. The normalized spacial score (nSPS) is 11.1. The maximum Gasteiger partial charge on any atom is 0.204 e. The van der Waals surface area contributed by atoms with Crippen LogP contribution in [0.5, 0.6) is 5.75 Å². The number of ketones is 1. The van der Waals surface area contributed by atoms with E-state index < -0.39 is 0 Å². The van der Waals surface area contributed by atoms with E-state index in [2.05, 4.69) is 4.98 Å². The number of hydrogen-bond acceptors (Lipinski definition) is 3. The summed E-state index contributed by atoms with van der Waals surface area (Å²) in [6.45, 7) is 2.02. The van der Waals surface area contributed by atoms with E-state index in [-0.39, 0.29) is 11.5 Å². The molecule has 0 aliphatic carbocycles. The number of phenolic OH excluding ortho intramolecular Hbond substituents is 1. The van der Waals surface area contributed by atoms with Gasteiger partial charge >= 0.3 is 0 Å². The molecule has 22 heavy (non-hydrogen) atoms. The van der Waals surface area contributed by atoms with Gasteiger partial charge in [0.25, 0.3) is 0 Å². The molecule has 0 spiro atoms. The van der Waals surface area contributed by atoms with Crippen LogP contribution in [0.4, 0.5) is 0 Å². The van der Waals surface area contributed by atoms with E-state index in [0.29, 0.717) is 11.2 Å². The van der Waals surface area contributed by atoms with E-state index in [1.54, 1.807) is 30.3 Å². The van der Waals surface area contributed by atoms with Crippen LogP contribution in [0.1, 0.15) is 21.6 Å². The Kier molecular flexibility index (Phi) is 3.71. The summed E-state index contributed by atoms with van der Waals surface area (Å²) in [5.74, 6) is -0.111. The molecular weight excluding hydrogens is 274 g/mol. The highest BCUT2D eigenvalue weighted by molar-refractivity contribution is 6.06. The number of hydrogen-bond donors (Lipinski definition) is 1. The van der Waals surface area contributed by atoms with Gasteiger partial charge in [-0.25, -0.2) is 4.98 Å². The lowest BCUT2D eigenvalue weighted by Crippen LogP contribution is -1.98. The van der Waals surface area contributed by atoms with Crippen LogP contribution < -0.4 is 0 Å². The summed E-state index contributed by atoms with van der Waals surface area (Å²) in [6, 6.07) is 16.5. The van der Waals surface area contributed by atoms with Crippen LogP contribution in [0.2, 0.25) is 0 Å². The van der Waals surface area contributed by atoms with Crippen molar-refractivity contribution in [2.24, 2.45) is 0 Å². The first kappa shape index (κ1) is 14.0. The molecule has 0 amide bonds. The van der Waals surface area contributed by atoms with Gasteiger partial charge in [-0.3, -0.25) is 4.79 Å². The van der Waals surface area contributed by atoms with Crippen LogP contribution in [-0.2, 0) is 0 Å². The summed E-state index contributed by atoms with van der Waals surface area (Å²) in [5.41, 5.74) is 2.90. The number of aromatic hydroxyl groups is 1. The van der Waals surface area contributed by atoms with Crippen molar-refractivity contribution >= 4 is 22.8 Å². The quantitative estimate of drug-likeness (QED) is 0.582. The predicted molar refractivity (Wildman–Crippen MR) is 88.0 cm³/mol. The minimum absolute atomic E-state index is 0.0784. The molecule has 0 saturated carbocycles. The van der Waals surface area contributed by atoms with Crippen molar-refractivity contribution in [3.63, 3.8) is 0 Å². The smallest absolute Gasteiger partial charge is 0.204 e. The van der Waals surface area contributed by atoms with Crippen molar-refractivity contribution in [2.45, 2.75) is 6.92 Å². The Hall–Kier alpha value is -2.94. The van der Waals surface area contributed by atoms with Crippen molar-refractivity contribution in [1.82, 2.24) is 4.98 Å². The highest BCUT2D eigenvalue weighted by Crippen LogP contribution is 2.22. The van der Waals surface area contributed by atoms with E-state index in [1.807, 2.05) is 37.3 Å². The molecule has 108 valence electrons. The number of benzene rings is 2. The van der Waals surface area contributed by atoms with E-state index in [9.17, 15) is 9.90 Å². The molecule has 0 atom stereocenters. The largest absolute Gasteiger partial charge is 0.506 e. The molecule has 0 bridgehead atoms. The molecule has 1 N–H and O–H groups in total. The third-order valence-corrected chi connectivity index (χ3v) is 3.46. The summed E-state index contributed by atoms with van der Waals surface area (Å²) in [4.78, 5) is 16.5. The molecule has 0 radical (unpaired) electrons. The first-order valence-electron chi connectivity index (χ1n) is 7.01. The van der Waals surface area contributed by atoms with E-state index in [0.717, 1.165) is 10.9 Å². The zero-order chi connectivity index (χ0) is 15.5. The predicted octanol–water partition coefficient (Wildman–Crippen LogP) is 4.14. The number of para-hydroxylation sites is 1. The van der Waals surface area contributed by atoms with Gasteiger partial charge in [-0.2, -0.15) is 0 Å². The molecule has 0 aliphatic rings. The first-order valence-corrected chi connectivity index (χ1v) is 7.01. The van der Waals surface area contributed by atoms with Crippen molar-refractivity contribution in [1.29, 1.82) is 0 Å². The number of allylic oxidation sites excluding steroid dienone is 1. The zero-order valence-corrected chi connectivity index (χ0v) is 12.2. The average Bonchev–Trinajstić information content (AvgIpc) is 2.54. The number of nitrogens with zero attached hydrogens (tertiary/aromatic N) is 1. The Morgan fingerprint density at radius 1 is 1.05 bits per heavy atom. The van der Waals surface area contributed by atoms with Gasteiger partial charge in [-0.15, -0.1) is 0 Å². The number of fused-ring (bicyclic) bond motifs is 1. The molecule has 3 nitrogen and oxygen atoms in total. The zero-order valence-electron chi connectivity index (χ0n) is 12.2.